The van der Waals surface area contributed by atoms with Crippen LogP contribution in [0.5, 0.6) is 0 Å². The quantitative estimate of drug-likeness (QED) is 0.0346. The van der Waals surface area contributed by atoms with Crippen LogP contribution in [0.25, 0.3) is 0 Å². The molecule has 0 bridgehead atoms. The molecule has 24 N–H and O–H groups in total. The third-order valence-corrected chi connectivity index (χ3v) is 5.22. The Morgan fingerprint density at radius 3 is 0.909 bits per heavy atom. The molecule has 0 aliphatic rings. The summed E-state index contributed by atoms with van der Waals surface area (Å²) in [4.78, 5) is 40.7. The van der Waals surface area contributed by atoms with Crippen molar-refractivity contribution in [2.75, 3.05) is 26.2 Å². The maximum Gasteiger partial charge on any atom is 0.320 e. The number of rotatable bonds is 20. The predicted octanol–water partition coefficient (Wildman–Crippen LogP) is -3.62. The van der Waals surface area contributed by atoms with E-state index in [1.165, 1.54) is 0 Å². The van der Waals surface area contributed by atoms with Gasteiger partial charge in [0.05, 0.1) is 0 Å². The van der Waals surface area contributed by atoms with E-state index in [-0.39, 0.29) is 11.9 Å². The van der Waals surface area contributed by atoms with Gasteiger partial charge in [-0.1, -0.05) is 12.8 Å². The summed E-state index contributed by atoms with van der Waals surface area (Å²) in [5.74, 6) is -4.09. The molecule has 0 saturated carbocycles. The summed E-state index contributed by atoms with van der Waals surface area (Å²) in [6, 6.07) is -3.07. The summed E-state index contributed by atoms with van der Waals surface area (Å²) >= 11 is 0. The normalized spacial score (nSPS) is 12.5. The SMILES string of the molecule is N=C(N)NCCC[C@H](N)C(=O)O.N=C(N)NCCC[C@H](N)C(=O)O.NCCCC[C@H](N)C(=O)O.NCCCC[C@H](N)C(=O)O. The molecule has 0 radical (unpaired) electrons. The van der Waals surface area contributed by atoms with Gasteiger partial charge in [0, 0.05) is 13.1 Å². The van der Waals surface area contributed by atoms with E-state index in [1.54, 1.807) is 0 Å². The van der Waals surface area contributed by atoms with Crippen molar-refractivity contribution in [1.82, 2.24) is 10.6 Å². The van der Waals surface area contributed by atoms with Crippen LogP contribution in [0.4, 0.5) is 0 Å². The predicted molar refractivity (Wildman–Crippen MR) is 167 cm³/mol. The van der Waals surface area contributed by atoms with E-state index in [2.05, 4.69) is 10.6 Å². The van der Waals surface area contributed by atoms with Gasteiger partial charge in [-0.3, -0.25) is 30.0 Å². The first-order valence-corrected chi connectivity index (χ1v) is 13.9. The molecule has 260 valence electrons. The second-order valence-electron chi connectivity index (χ2n) is 9.31. The monoisotopic (exact) mass is 640 g/mol. The van der Waals surface area contributed by atoms with Crippen LogP contribution in [-0.4, -0.2) is 107 Å². The van der Waals surface area contributed by atoms with Gasteiger partial charge in [0.25, 0.3) is 0 Å². The Morgan fingerprint density at radius 2 is 0.727 bits per heavy atom. The summed E-state index contributed by atoms with van der Waals surface area (Å²) in [6.07, 6.45) is 6.28. The minimum absolute atomic E-state index is 0.112. The zero-order valence-corrected chi connectivity index (χ0v) is 25.2. The maximum atomic E-state index is 10.2. The zero-order valence-electron chi connectivity index (χ0n) is 25.2. The highest BCUT2D eigenvalue weighted by molar-refractivity contribution is 5.75. The molecule has 0 unspecified atom stereocenters. The molecule has 0 fully saturated rings. The molecule has 0 heterocycles. The van der Waals surface area contributed by atoms with E-state index in [9.17, 15) is 19.2 Å². The van der Waals surface area contributed by atoms with Crippen molar-refractivity contribution < 1.29 is 39.6 Å². The highest BCUT2D eigenvalue weighted by atomic mass is 16.4. The number of unbranched alkanes of at least 4 members (excludes halogenated alkanes) is 2. The van der Waals surface area contributed by atoms with Crippen LogP contribution < -0.4 is 56.5 Å². The number of guanidine groups is 2. The molecule has 0 aromatic heterocycles. The van der Waals surface area contributed by atoms with Crippen molar-refractivity contribution >= 4 is 35.8 Å². The van der Waals surface area contributed by atoms with E-state index in [4.69, 9.17) is 77.1 Å². The molecular formula is C24H56N12O8. The van der Waals surface area contributed by atoms with Gasteiger partial charge in [-0.15, -0.1) is 0 Å². The van der Waals surface area contributed by atoms with Crippen molar-refractivity contribution in [3.63, 3.8) is 0 Å². The molecular weight excluding hydrogens is 584 g/mol. The van der Waals surface area contributed by atoms with Gasteiger partial charge in [0.2, 0.25) is 0 Å². The average molecular weight is 641 g/mol. The van der Waals surface area contributed by atoms with Gasteiger partial charge in [-0.2, -0.15) is 0 Å². The molecule has 0 saturated heterocycles. The molecule has 0 spiro atoms. The molecule has 44 heavy (non-hydrogen) atoms. The highest BCUT2D eigenvalue weighted by Gasteiger charge is 2.11. The molecule has 0 aromatic carbocycles. The fourth-order valence-corrected chi connectivity index (χ4v) is 2.60. The minimum atomic E-state index is -1.00. The smallest absolute Gasteiger partial charge is 0.320 e. The second kappa shape index (κ2) is 32.1. The van der Waals surface area contributed by atoms with Gasteiger partial charge in [-0.05, 0) is 64.5 Å². The third kappa shape index (κ3) is 40.3. The number of hydrogen-bond donors (Lipinski definition) is 16. The topological polar surface area (TPSA) is 429 Å². The van der Waals surface area contributed by atoms with Crippen molar-refractivity contribution in [3.05, 3.63) is 0 Å². The van der Waals surface area contributed by atoms with E-state index >= 15 is 0 Å². The number of aliphatic carboxylic acids is 4. The molecule has 0 amide bonds. The van der Waals surface area contributed by atoms with Crippen LogP contribution in [0.3, 0.4) is 0 Å². The number of hydrogen-bond acceptors (Lipinski definition) is 12. The lowest BCUT2D eigenvalue weighted by atomic mass is 10.1. The van der Waals surface area contributed by atoms with E-state index in [1.807, 2.05) is 0 Å². The molecule has 4 atom stereocenters. The van der Waals surface area contributed by atoms with E-state index in [0.29, 0.717) is 64.7 Å². The Bertz CT molecular complexity index is 743. The van der Waals surface area contributed by atoms with Crippen LogP contribution in [-0.2, 0) is 19.2 Å². The van der Waals surface area contributed by atoms with Gasteiger partial charge in [0.15, 0.2) is 11.9 Å². The van der Waals surface area contributed by atoms with Gasteiger partial charge in [0.1, 0.15) is 24.2 Å². The molecule has 0 rings (SSSR count). The van der Waals surface area contributed by atoms with Crippen LogP contribution in [0.15, 0.2) is 0 Å². The zero-order chi connectivity index (χ0) is 35.1. The fraction of sp³-hybridized carbons (Fsp3) is 0.750. The first-order valence-electron chi connectivity index (χ1n) is 13.9. The van der Waals surface area contributed by atoms with Crippen LogP contribution >= 0.6 is 0 Å². The lowest BCUT2D eigenvalue weighted by Crippen LogP contribution is -2.34. The summed E-state index contributed by atoms with van der Waals surface area (Å²) in [5, 5.41) is 52.1. The largest absolute Gasteiger partial charge is 0.480 e. The fourth-order valence-electron chi connectivity index (χ4n) is 2.60. The molecule has 0 aromatic rings. The standard InChI is InChI=1S/2C6H14N4O2.2C6H14N2O2/c2*7-4(5(11)12)2-1-3-10-6(8)9;2*7-4-2-1-3-5(8)6(9)10/h2*4H,1-3,7H2,(H,11,12)(H4,8,9,10);2*5H,1-4,7-8H2,(H,9,10)/t2*4-;2*5-/m0000/s1. The van der Waals surface area contributed by atoms with Crippen molar-refractivity contribution in [1.29, 1.82) is 10.8 Å². The van der Waals surface area contributed by atoms with Crippen LogP contribution in [0.1, 0.15) is 64.2 Å². The molecule has 20 heteroatoms. The van der Waals surface area contributed by atoms with E-state index in [0.717, 1.165) is 25.7 Å². The summed E-state index contributed by atoms with van der Waals surface area (Å²) in [6.45, 7) is 2.17. The van der Waals surface area contributed by atoms with Crippen molar-refractivity contribution in [2.24, 2.45) is 45.9 Å². The first kappa shape index (κ1) is 47.1. The van der Waals surface area contributed by atoms with Gasteiger partial charge < -0.3 is 76.9 Å². The number of carboxylic acid groups (broad SMARTS) is 4. The van der Waals surface area contributed by atoms with Gasteiger partial charge >= 0.3 is 23.9 Å². The molecule has 0 aliphatic heterocycles. The number of nitrogens with one attached hydrogen (secondary N) is 4. The van der Waals surface area contributed by atoms with Crippen LogP contribution in [0, 0.1) is 10.8 Å². The lowest BCUT2D eigenvalue weighted by molar-refractivity contribution is -0.139. The van der Waals surface area contributed by atoms with E-state index < -0.39 is 48.0 Å². The Kier molecular flexibility index (Phi) is 34.4. The molecule has 20 nitrogen and oxygen atoms in total. The lowest BCUT2D eigenvalue weighted by Gasteiger charge is -2.06. The molecule has 0 aliphatic carbocycles. The number of carboxylic acids is 4. The number of nitrogens with two attached hydrogens (primary N) is 8. The van der Waals surface area contributed by atoms with Crippen molar-refractivity contribution in [3.8, 4) is 0 Å². The third-order valence-electron chi connectivity index (χ3n) is 5.22. The van der Waals surface area contributed by atoms with Gasteiger partial charge in [-0.25, -0.2) is 0 Å². The Balaban J connectivity index is -0.000000243. The highest BCUT2D eigenvalue weighted by Crippen LogP contribution is 1.98. The van der Waals surface area contributed by atoms with Crippen LogP contribution in [0.2, 0.25) is 0 Å². The Morgan fingerprint density at radius 1 is 0.500 bits per heavy atom. The Labute approximate surface area is 257 Å². The summed E-state index contributed by atoms with van der Waals surface area (Å²) in [5.41, 5.74) is 41.3. The second-order valence-corrected chi connectivity index (χ2v) is 9.31. The maximum absolute atomic E-state index is 10.2. The first-order chi connectivity index (χ1) is 20.4. The average Bonchev–Trinajstić information content (AvgIpc) is 2.93. The number of carbonyl (C=O) groups is 4. The minimum Gasteiger partial charge on any atom is -0.480 e. The summed E-state index contributed by atoms with van der Waals surface area (Å²) < 4.78 is 0. The van der Waals surface area contributed by atoms with Crippen molar-refractivity contribution in [2.45, 2.75) is 88.4 Å². The Hall–Kier alpha value is -3.82. The summed E-state index contributed by atoms with van der Waals surface area (Å²) in [7, 11) is 0.